The van der Waals surface area contributed by atoms with Gasteiger partial charge in [-0.05, 0) is 12.1 Å². The Hall–Kier alpha value is -1.42. The highest BCUT2D eigenvalue weighted by atomic mass is 35.5. The van der Waals surface area contributed by atoms with Gasteiger partial charge in [-0.15, -0.1) is 0 Å². The molecule has 0 radical (unpaired) electrons. The zero-order valence-electron chi connectivity index (χ0n) is 8.03. The van der Waals surface area contributed by atoms with Crippen LogP contribution in [0.15, 0.2) is 18.2 Å². The smallest absolute Gasteiger partial charge is 0.296 e. The van der Waals surface area contributed by atoms with Crippen LogP contribution in [0.1, 0.15) is 6.92 Å². The Balaban J connectivity index is 2.27. The molecule has 0 bridgehead atoms. The molecule has 4 nitrogen and oxygen atoms in total. The van der Waals surface area contributed by atoms with E-state index in [4.69, 9.17) is 25.8 Å². The van der Waals surface area contributed by atoms with E-state index in [1.165, 1.54) is 0 Å². The van der Waals surface area contributed by atoms with E-state index in [1.54, 1.807) is 25.1 Å². The predicted octanol–water partition coefficient (Wildman–Crippen LogP) is 2.00. The number of hydrogen-bond acceptors (Lipinski definition) is 4. The predicted molar refractivity (Wildman–Crippen MR) is 53.1 cm³/mol. The molecule has 0 aliphatic carbocycles. The zero-order chi connectivity index (χ0) is 10.9. The van der Waals surface area contributed by atoms with Crippen LogP contribution in [0.5, 0.6) is 11.5 Å². The highest BCUT2D eigenvalue weighted by Gasteiger charge is 2.34. The van der Waals surface area contributed by atoms with Gasteiger partial charge in [0.05, 0.1) is 0 Å². The number of fused-ring (bicyclic) bond motifs is 1. The highest BCUT2D eigenvalue weighted by molar-refractivity contribution is 6.30. The normalized spacial score (nSPS) is 23.3. The monoisotopic (exact) mass is 228 g/mol. The molecule has 80 valence electrons. The number of benzene rings is 1. The van der Waals surface area contributed by atoms with Gasteiger partial charge in [-0.3, -0.25) is 4.79 Å². The summed E-state index contributed by atoms with van der Waals surface area (Å²) in [5, 5.41) is 0.567. The van der Waals surface area contributed by atoms with Gasteiger partial charge in [0.1, 0.15) is 0 Å². The quantitative estimate of drug-likeness (QED) is 0.727. The van der Waals surface area contributed by atoms with E-state index in [0.717, 1.165) is 0 Å². The summed E-state index contributed by atoms with van der Waals surface area (Å²) in [6.07, 6.45) is 0. The standard InChI is InChI=1S/C10H9ClO4/c1-10(14-6-12)5-13-9-4-7(11)2-3-8(9)15-10/h2-4,6H,5H2,1H3. The SMILES string of the molecule is CC1(OC=O)COc2cc(Cl)ccc2O1. The van der Waals surface area contributed by atoms with Crippen LogP contribution in [0.25, 0.3) is 0 Å². The first-order valence-corrected chi connectivity index (χ1v) is 4.74. The summed E-state index contributed by atoms with van der Waals surface area (Å²) < 4.78 is 15.7. The van der Waals surface area contributed by atoms with Crippen LogP contribution < -0.4 is 9.47 Å². The largest absolute Gasteiger partial charge is 0.481 e. The van der Waals surface area contributed by atoms with E-state index in [-0.39, 0.29) is 6.61 Å². The number of ether oxygens (including phenoxy) is 3. The molecular weight excluding hydrogens is 220 g/mol. The minimum absolute atomic E-state index is 0.138. The summed E-state index contributed by atoms with van der Waals surface area (Å²) in [6, 6.07) is 5.00. The molecule has 1 aromatic carbocycles. The molecule has 0 aromatic heterocycles. The number of carbonyl (C=O) groups is 1. The van der Waals surface area contributed by atoms with Crippen LogP contribution in [0, 0.1) is 0 Å². The molecular formula is C10H9ClO4. The Labute approximate surface area is 91.7 Å². The molecule has 0 N–H and O–H groups in total. The lowest BCUT2D eigenvalue weighted by Crippen LogP contribution is -2.44. The molecule has 1 aliphatic rings. The van der Waals surface area contributed by atoms with Gasteiger partial charge in [0, 0.05) is 18.0 Å². The average Bonchev–Trinajstić information content (AvgIpc) is 2.19. The van der Waals surface area contributed by atoms with Crippen molar-refractivity contribution in [3.05, 3.63) is 23.2 Å². The van der Waals surface area contributed by atoms with Gasteiger partial charge in [-0.2, -0.15) is 0 Å². The van der Waals surface area contributed by atoms with E-state index in [9.17, 15) is 4.79 Å². The van der Waals surface area contributed by atoms with E-state index in [0.29, 0.717) is 23.0 Å². The minimum atomic E-state index is -1.07. The summed E-state index contributed by atoms with van der Waals surface area (Å²) >= 11 is 5.79. The fourth-order valence-electron chi connectivity index (χ4n) is 1.31. The van der Waals surface area contributed by atoms with Crippen LogP contribution >= 0.6 is 11.6 Å². The van der Waals surface area contributed by atoms with Gasteiger partial charge in [-0.1, -0.05) is 11.6 Å². The first-order chi connectivity index (χ1) is 7.13. The molecule has 15 heavy (non-hydrogen) atoms. The number of carbonyl (C=O) groups excluding carboxylic acids is 1. The van der Waals surface area contributed by atoms with Gasteiger partial charge in [0.15, 0.2) is 18.1 Å². The maximum atomic E-state index is 10.3. The van der Waals surface area contributed by atoms with Gasteiger partial charge in [-0.25, -0.2) is 0 Å². The lowest BCUT2D eigenvalue weighted by atomic mass is 10.2. The van der Waals surface area contributed by atoms with Gasteiger partial charge in [0.2, 0.25) is 0 Å². The third-order valence-corrected chi connectivity index (χ3v) is 2.25. The lowest BCUT2D eigenvalue weighted by molar-refractivity contribution is -0.194. The van der Waals surface area contributed by atoms with Crippen molar-refractivity contribution >= 4 is 18.1 Å². The van der Waals surface area contributed by atoms with Crippen molar-refractivity contribution in [3.8, 4) is 11.5 Å². The zero-order valence-corrected chi connectivity index (χ0v) is 8.78. The Morgan fingerprint density at radius 2 is 2.33 bits per heavy atom. The fraction of sp³-hybridized carbons (Fsp3) is 0.300. The Morgan fingerprint density at radius 1 is 1.53 bits per heavy atom. The third kappa shape index (κ3) is 1.99. The van der Waals surface area contributed by atoms with Gasteiger partial charge < -0.3 is 14.2 Å². The van der Waals surface area contributed by atoms with Crippen LogP contribution in [0.4, 0.5) is 0 Å². The van der Waals surface area contributed by atoms with Crippen LogP contribution in [0.3, 0.4) is 0 Å². The summed E-state index contributed by atoms with van der Waals surface area (Å²) in [4.78, 5) is 10.3. The van der Waals surface area contributed by atoms with Crippen LogP contribution in [-0.2, 0) is 9.53 Å². The van der Waals surface area contributed by atoms with E-state index >= 15 is 0 Å². The van der Waals surface area contributed by atoms with Crippen molar-refractivity contribution < 1.29 is 19.0 Å². The van der Waals surface area contributed by atoms with Crippen molar-refractivity contribution in [1.82, 2.24) is 0 Å². The molecule has 1 heterocycles. The van der Waals surface area contributed by atoms with Crippen LogP contribution in [-0.4, -0.2) is 18.9 Å². The van der Waals surface area contributed by atoms with Crippen molar-refractivity contribution in [2.75, 3.05) is 6.61 Å². The topological polar surface area (TPSA) is 44.8 Å². The fourth-order valence-corrected chi connectivity index (χ4v) is 1.47. The van der Waals surface area contributed by atoms with E-state index in [2.05, 4.69) is 0 Å². The summed E-state index contributed by atoms with van der Waals surface area (Å²) in [7, 11) is 0. The van der Waals surface area contributed by atoms with Crippen molar-refractivity contribution in [2.24, 2.45) is 0 Å². The summed E-state index contributed by atoms with van der Waals surface area (Å²) in [5.74, 6) is -0.00719. The molecule has 0 amide bonds. The van der Waals surface area contributed by atoms with Gasteiger partial charge in [0.25, 0.3) is 12.3 Å². The number of hydrogen-bond donors (Lipinski definition) is 0. The van der Waals surface area contributed by atoms with Crippen molar-refractivity contribution in [2.45, 2.75) is 12.7 Å². The van der Waals surface area contributed by atoms with E-state index in [1.807, 2.05) is 0 Å². The maximum Gasteiger partial charge on any atom is 0.296 e. The molecule has 0 spiro atoms. The Morgan fingerprint density at radius 3 is 3.07 bits per heavy atom. The second kappa shape index (κ2) is 3.62. The Bertz CT molecular complexity index is 393. The highest BCUT2D eigenvalue weighted by Crippen LogP contribution is 2.37. The number of halogens is 1. The average molecular weight is 229 g/mol. The summed E-state index contributed by atoms with van der Waals surface area (Å²) in [6.45, 7) is 2.10. The van der Waals surface area contributed by atoms with E-state index < -0.39 is 5.79 Å². The van der Waals surface area contributed by atoms with Gasteiger partial charge >= 0.3 is 0 Å². The second-order valence-corrected chi connectivity index (χ2v) is 3.77. The maximum absolute atomic E-state index is 10.3. The molecule has 5 heteroatoms. The first-order valence-electron chi connectivity index (χ1n) is 4.36. The second-order valence-electron chi connectivity index (χ2n) is 3.33. The molecule has 0 saturated heterocycles. The minimum Gasteiger partial charge on any atom is -0.481 e. The summed E-state index contributed by atoms with van der Waals surface area (Å²) in [5.41, 5.74) is 0. The Kier molecular flexibility index (Phi) is 2.44. The molecule has 1 atom stereocenters. The van der Waals surface area contributed by atoms with Crippen LogP contribution in [0.2, 0.25) is 5.02 Å². The molecule has 1 aromatic rings. The molecule has 1 aliphatic heterocycles. The lowest BCUT2D eigenvalue weighted by Gasteiger charge is -2.33. The van der Waals surface area contributed by atoms with Crippen molar-refractivity contribution in [3.63, 3.8) is 0 Å². The molecule has 1 unspecified atom stereocenters. The third-order valence-electron chi connectivity index (χ3n) is 2.02. The first kappa shape index (κ1) is 10.1. The van der Waals surface area contributed by atoms with Crippen molar-refractivity contribution in [1.29, 1.82) is 0 Å². The molecule has 0 fully saturated rings. The molecule has 0 saturated carbocycles. The molecule has 2 rings (SSSR count). The number of rotatable bonds is 2.